The normalized spacial score (nSPS) is 10.3. The van der Waals surface area contributed by atoms with Crippen LogP contribution in [-0.2, 0) is 9.59 Å². The van der Waals surface area contributed by atoms with Crippen LogP contribution in [0.4, 0.5) is 0 Å². The first kappa shape index (κ1) is 16.8. The molecule has 2 N–H and O–H groups in total. The summed E-state index contributed by atoms with van der Waals surface area (Å²) in [6.07, 6.45) is 2.99. The number of amides is 2. The van der Waals surface area contributed by atoms with E-state index in [2.05, 4.69) is 26.8 Å². The number of halogens is 1. The van der Waals surface area contributed by atoms with Gasteiger partial charge in [0.05, 0.1) is 0 Å². The SMILES string of the molecule is O=C(/C=C/c1ccccc1)NNC(=O)COc1ccc(Br)cc1. The molecule has 0 fully saturated rings. The van der Waals surface area contributed by atoms with Crippen LogP contribution in [0.15, 0.2) is 65.1 Å². The van der Waals surface area contributed by atoms with E-state index in [1.807, 2.05) is 42.5 Å². The van der Waals surface area contributed by atoms with Crippen molar-refractivity contribution < 1.29 is 14.3 Å². The number of nitrogens with one attached hydrogen (secondary N) is 2. The Kier molecular flexibility index (Phi) is 6.38. The number of rotatable bonds is 5. The summed E-state index contributed by atoms with van der Waals surface area (Å²) in [7, 11) is 0. The van der Waals surface area contributed by atoms with Crippen LogP contribution in [0.25, 0.3) is 6.08 Å². The molecule has 0 spiro atoms. The molecule has 6 heteroatoms. The Morgan fingerprint density at radius 2 is 1.70 bits per heavy atom. The second-order valence-electron chi connectivity index (χ2n) is 4.52. The van der Waals surface area contributed by atoms with Gasteiger partial charge in [0.1, 0.15) is 5.75 Å². The van der Waals surface area contributed by atoms with Gasteiger partial charge >= 0.3 is 0 Å². The molecule has 23 heavy (non-hydrogen) atoms. The van der Waals surface area contributed by atoms with Gasteiger partial charge in [0.2, 0.25) is 0 Å². The molecule has 2 amide bonds. The Balaban J connectivity index is 1.70. The Morgan fingerprint density at radius 3 is 2.39 bits per heavy atom. The first-order chi connectivity index (χ1) is 11.1. The van der Waals surface area contributed by atoms with E-state index in [-0.39, 0.29) is 6.61 Å². The summed E-state index contributed by atoms with van der Waals surface area (Å²) in [4.78, 5) is 23.2. The summed E-state index contributed by atoms with van der Waals surface area (Å²) >= 11 is 3.31. The van der Waals surface area contributed by atoms with E-state index in [1.165, 1.54) is 6.08 Å². The van der Waals surface area contributed by atoms with Crippen LogP contribution in [0.2, 0.25) is 0 Å². The van der Waals surface area contributed by atoms with Gasteiger partial charge in [-0.2, -0.15) is 0 Å². The van der Waals surface area contributed by atoms with E-state index in [0.717, 1.165) is 10.0 Å². The number of hydrogen-bond acceptors (Lipinski definition) is 3. The van der Waals surface area contributed by atoms with E-state index >= 15 is 0 Å². The molecule has 0 aliphatic rings. The fourth-order valence-corrected chi connectivity index (χ4v) is 1.89. The molecule has 118 valence electrons. The molecule has 0 aromatic heterocycles. The minimum atomic E-state index is -0.450. The Labute approximate surface area is 142 Å². The molecule has 2 rings (SSSR count). The van der Waals surface area contributed by atoms with Crippen LogP contribution in [0.3, 0.4) is 0 Å². The molecule has 2 aromatic carbocycles. The van der Waals surface area contributed by atoms with E-state index in [0.29, 0.717) is 5.75 Å². The minimum Gasteiger partial charge on any atom is -0.484 e. The van der Waals surface area contributed by atoms with E-state index in [9.17, 15) is 9.59 Å². The lowest BCUT2D eigenvalue weighted by molar-refractivity contribution is -0.128. The molecular weight excluding hydrogens is 360 g/mol. The maximum absolute atomic E-state index is 11.6. The largest absolute Gasteiger partial charge is 0.484 e. The molecule has 0 heterocycles. The van der Waals surface area contributed by atoms with Crippen molar-refractivity contribution in [3.05, 3.63) is 70.7 Å². The van der Waals surface area contributed by atoms with Crippen molar-refractivity contribution >= 4 is 33.8 Å². The van der Waals surface area contributed by atoms with Crippen molar-refractivity contribution in [2.75, 3.05) is 6.61 Å². The van der Waals surface area contributed by atoms with Gasteiger partial charge in [-0.1, -0.05) is 46.3 Å². The quantitative estimate of drug-likeness (QED) is 0.624. The lowest BCUT2D eigenvalue weighted by Gasteiger charge is -2.07. The maximum atomic E-state index is 11.6. The fourth-order valence-electron chi connectivity index (χ4n) is 1.62. The van der Waals surface area contributed by atoms with Gasteiger partial charge in [0, 0.05) is 10.5 Å². The highest BCUT2D eigenvalue weighted by Crippen LogP contribution is 2.15. The second-order valence-corrected chi connectivity index (χ2v) is 5.44. The van der Waals surface area contributed by atoms with Crippen LogP contribution in [0, 0.1) is 0 Å². The lowest BCUT2D eigenvalue weighted by atomic mass is 10.2. The van der Waals surface area contributed by atoms with Gasteiger partial charge in [-0.3, -0.25) is 20.4 Å². The van der Waals surface area contributed by atoms with Crippen LogP contribution < -0.4 is 15.6 Å². The molecule has 0 bridgehead atoms. The molecule has 0 saturated heterocycles. The van der Waals surface area contributed by atoms with Gasteiger partial charge in [-0.05, 0) is 35.9 Å². The molecule has 0 saturated carbocycles. The Bertz CT molecular complexity index is 685. The predicted molar refractivity (Wildman–Crippen MR) is 91.4 cm³/mol. The number of ether oxygens (including phenoxy) is 1. The zero-order valence-electron chi connectivity index (χ0n) is 12.2. The topological polar surface area (TPSA) is 67.4 Å². The maximum Gasteiger partial charge on any atom is 0.276 e. The summed E-state index contributed by atoms with van der Waals surface area (Å²) in [5.74, 6) is -0.307. The first-order valence-corrected chi connectivity index (χ1v) is 7.63. The third-order valence-corrected chi connectivity index (χ3v) is 3.26. The Hall–Kier alpha value is -2.60. The van der Waals surface area contributed by atoms with Crippen molar-refractivity contribution in [2.45, 2.75) is 0 Å². The van der Waals surface area contributed by atoms with Crippen LogP contribution in [0.5, 0.6) is 5.75 Å². The first-order valence-electron chi connectivity index (χ1n) is 6.84. The average Bonchev–Trinajstić information content (AvgIpc) is 2.58. The molecule has 0 atom stereocenters. The third kappa shape index (κ3) is 6.36. The molecule has 5 nitrogen and oxygen atoms in total. The third-order valence-electron chi connectivity index (χ3n) is 2.74. The molecule has 2 aromatic rings. The van der Waals surface area contributed by atoms with Gasteiger partial charge in [0.25, 0.3) is 11.8 Å². The number of hydrogen-bond donors (Lipinski definition) is 2. The summed E-state index contributed by atoms with van der Waals surface area (Å²) in [5.41, 5.74) is 5.46. The highest BCUT2D eigenvalue weighted by Gasteiger charge is 2.03. The second kappa shape index (κ2) is 8.75. The summed E-state index contributed by atoms with van der Waals surface area (Å²) in [6.45, 7) is -0.190. The monoisotopic (exact) mass is 374 g/mol. The van der Waals surface area contributed by atoms with Crippen molar-refractivity contribution in [3.8, 4) is 5.75 Å². The van der Waals surface area contributed by atoms with Gasteiger partial charge in [-0.25, -0.2) is 0 Å². The molecule has 0 unspecified atom stereocenters. The zero-order chi connectivity index (χ0) is 16.5. The van der Waals surface area contributed by atoms with Crippen molar-refractivity contribution in [1.29, 1.82) is 0 Å². The highest BCUT2D eigenvalue weighted by molar-refractivity contribution is 9.10. The summed E-state index contributed by atoms with van der Waals surface area (Å²) in [5, 5.41) is 0. The smallest absolute Gasteiger partial charge is 0.276 e. The van der Waals surface area contributed by atoms with Crippen molar-refractivity contribution in [1.82, 2.24) is 10.9 Å². The van der Waals surface area contributed by atoms with Crippen molar-refractivity contribution in [2.24, 2.45) is 0 Å². The van der Waals surface area contributed by atoms with E-state index < -0.39 is 11.8 Å². The van der Waals surface area contributed by atoms with Gasteiger partial charge < -0.3 is 4.74 Å². The lowest BCUT2D eigenvalue weighted by Crippen LogP contribution is -2.43. The highest BCUT2D eigenvalue weighted by atomic mass is 79.9. The Morgan fingerprint density at radius 1 is 1.00 bits per heavy atom. The van der Waals surface area contributed by atoms with Gasteiger partial charge in [0.15, 0.2) is 6.61 Å². The molecule has 0 aliphatic heterocycles. The number of hydrazine groups is 1. The summed E-state index contributed by atoms with van der Waals surface area (Å²) in [6, 6.07) is 16.5. The van der Waals surface area contributed by atoms with Crippen LogP contribution in [-0.4, -0.2) is 18.4 Å². The minimum absolute atomic E-state index is 0.190. The number of carbonyl (C=O) groups excluding carboxylic acids is 2. The number of carbonyl (C=O) groups is 2. The average molecular weight is 375 g/mol. The number of benzene rings is 2. The molecule has 0 radical (unpaired) electrons. The summed E-state index contributed by atoms with van der Waals surface area (Å²) < 4.78 is 6.21. The molecule has 0 aliphatic carbocycles. The van der Waals surface area contributed by atoms with Gasteiger partial charge in [-0.15, -0.1) is 0 Å². The van der Waals surface area contributed by atoms with Crippen LogP contribution in [0.1, 0.15) is 5.56 Å². The van der Waals surface area contributed by atoms with Crippen molar-refractivity contribution in [3.63, 3.8) is 0 Å². The van der Waals surface area contributed by atoms with E-state index in [1.54, 1.807) is 18.2 Å². The zero-order valence-corrected chi connectivity index (χ0v) is 13.7. The molecular formula is C17H15BrN2O3. The van der Waals surface area contributed by atoms with E-state index in [4.69, 9.17) is 4.74 Å². The fraction of sp³-hybridized carbons (Fsp3) is 0.0588. The predicted octanol–water partition coefficient (Wildman–Crippen LogP) is 2.69. The standard InChI is InChI=1S/C17H15BrN2O3/c18-14-7-9-15(10-8-14)23-12-17(22)20-19-16(21)11-6-13-4-2-1-3-5-13/h1-11H,12H2,(H,19,21)(H,20,22)/b11-6+. The van der Waals surface area contributed by atoms with Crippen LogP contribution >= 0.6 is 15.9 Å².